The van der Waals surface area contributed by atoms with E-state index in [0.29, 0.717) is 5.54 Å². The van der Waals surface area contributed by atoms with E-state index < -0.39 is 0 Å². The third-order valence-corrected chi connectivity index (χ3v) is 3.01. The van der Waals surface area contributed by atoms with E-state index in [0.717, 1.165) is 26.3 Å². The molecule has 0 amide bonds. The van der Waals surface area contributed by atoms with Crippen LogP contribution in [0.25, 0.3) is 0 Å². The SMILES string of the molecule is CCCCC(C)(C)N1CCOCC1. The molecule has 1 saturated heterocycles. The predicted molar refractivity (Wildman–Crippen MR) is 56.0 cm³/mol. The summed E-state index contributed by atoms with van der Waals surface area (Å²) in [7, 11) is 0. The summed E-state index contributed by atoms with van der Waals surface area (Å²) in [5.41, 5.74) is 0.375. The summed E-state index contributed by atoms with van der Waals surface area (Å²) < 4.78 is 5.36. The van der Waals surface area contributed by atoms with Gasteiger partial charge in [-0.15, -0.1) is 0 Å². The lowest BCUT2D eigenvalue weighted by atomic mass is 9.95. The molecule has 0 saturated carbocycles. The van der Waals surface area contributed by atoms with Crippen molar-refractivity contribution in [3.8, 4) is 0 Å². The minimum Gasteiger partial charge on any atom is -0.379 e. The van der Waals surface area contributed by atoms with E-state index in [9.17, 15) is 0 Å². The molecule has 1 fully saturated rings. The van der Waals surface area contributed by atoms with Crippen molar-refractivity contribution in [2.24, 2.45) is 0 Å². The highest BCUT2D eigenvalue weighted by Gasteiger charge is 2.26. The van der Waals surface area contributed by atoms with E-state index in [-0.39, 0.29) is 0 Å². The van der Waals surface area contributed by atoms with E-state index in [1.165, 1.54) is 19.3 Å². The summed E-state index contributed by atoms with van der Waals surface area (Å²) in [4.78, 5) is 2.56. The Hall–Kier alpha value is -0.0800. The molecule has 0 N–H and O–H groups in total. The molecule has 1 heterocycles. The quantitative estimate of drug-likeness (QED) is 0.666. The van der Waals surface area contributed by atoms with Crippen LogP contribution in [0.4, 0.5) is 0 Å². The molecule has 13 heavy (non-hydrogen) atoms. The lowest BCUT2D eigenvalue weighted by molar-refractivity contribution is -0.0134. The van der Waals surface area contributed by atoms with Gasteiger partial charge < -0.3 is 4.74 Å². The maximum atomic E-state index is 5.36. The summed E-state index contributed by atoms with van der Waals surface area (Å²) in [6, 6.07) is 0. The zero-order chi connectivity index (χ0) is 9.73. The number of nitrogens with zero attached hydrogens (tertiary/aromatic N) is 1. The number of hydrogen-bond acceptors (Lipinski definition) is 2. The normalized spacial score (nSPS) is 20.5. The molecule has 0 spiro atoms. The molecule has 0 aromatic rings. The van der Waals surface area contributed by atoms with Gasteiger partial charge >= 0.3 is 0 Å². The maximum Gasteiger partial charge on any atom is 0.0594 e. The van der Waals surface area contributed by atoms with Crippen LogP contribution in [0, 0.1) is 0 Å². The van der Waals surface area contributed by atoms with E-state index >= 15 is 0 Å². The van der Waals surface area contributed by atoms with Crippen molar-refractivity contribution in [3.63, 3.8) is 0 Å². The fourth-order valence-electron chi connectivity index (χ4n) is 1.94. The highest BCUT2D eigenvalue weighted by molar-refractivity contribution is 4.82. The molecule has 0 unspecified atom stereocenters. The number of ether oxygens (including phenoxy) is 1. The van der Waals surface area contributed by atoms with Gasteiger partial charge in [0, 0.05) is 18.6 Å². The first-order valence-corrected chi connectivity index (χ1v) is 5.49. The second kappa shape index (κ2) is 4.97. The van der Waals surface area contributed by atoms with Crippen LogP contribution in [0.15, 0.2) is 0 Å². The van der Waals surface area contributed by atoms with Crippen molar-refractivity contribution < 1.29 is 4.74 Å². The Morgan fingerprint density at radius 2 is 1.85 bits per heavy atom. The average molecular weight is 185 g/mol. The monoisotopic (exact) mass is 185 g/mol. The van der Waals surface area contributed by atoms with Gasteiger partial charge in [-0.2, -0.15) is 0 Å². The van der Waals surface area contributed by atoms with Crippen LogP contribution in [0.5, 0.6) is 0 Å². The molecule has 1 rings (SSSR count). The van der Waals surface area contributed by atoms with E-state index in [2.05, 4.69) is 25.7 Å². The van der Waals surface area contributed by atoms with Gasteiger partial charge in [-0.1, -0.05) is 19.8 Å². The number of unbranched alkanes of at least 4 members (excludes halogenated alkanes) is 1. The second-order valence-electron chi connectivity index (χ2n) is 4.52. The molecule has 0 aliphatic carbocycles. The van der Waals surface area contributed by atoms with Crippen molar-refractivity contribution in [3.05, 3.63) is 0 Å². The third kappa shape index (κ3) is 3.28. The lowest BCUT2D eigenvalue weighted by Gasteiger charge is -2.41. The highest BCUT2D eigenvalue weighted by atomic mass is 16.5. The van der Waals surface area contributed by atoms with Crippen LogP contribution in [-0.2, 0) is 4.74 Å². The minimum absolute atomic E-state index is 0.375. The number of rotatable bonds is 4. The zero-order valence-electron chi connectivity index (χ0n) is 9.31. The van der Waals surface area contributed by atoms with Crippen molar-refractivity contribution in [1.29, 1.82) is 0 Å². The Balaban J connectivity index is 2.36. The Labute approximate surface area is 82.3 Å². The molecule has 0 aromatic heterocycles. The molecule has 2 nitrogen and oxygen atoms in total. The van der Waals surface area contributed by atoms with Gasteiger partial charge in [0.2, 0.25) is 0 Å². The third-order valence-electron chi connectivity index (χ3n) is 3.01. The topological polar surface area (TPSA) is 12.5 Å². The Morgan fingerprint density at radius 1 is 1.23 bits per heavy atom. The predicted octanol–water partition coefficient (Wildman–Crippen LogP) is 2.29. The molecular formula is C11H23NO. The maximum absolute atomic E-state index is 5.36. The van der Waals surface area contributed by atoms with Gasteiger partial charge in [0.25, 0.3) is 0 Å². The Bertz CT molecular complexity index is 139. The van der Waals surface area contributed by atoms with Crippen molar-refractivity contribution in [1.82, 2.24) is 4.90 Å². The number of hydrogen-bond donors (Lipinski definition) is 0. The molecule has 1 aliphatic heterocycles. The zero-order valence-corrected chi connectivity index (χ0v) is 9.31. The van der Waals surface area contributed by atoms with E-state index in [4.69, 9.17) is 4.74 Å². The molecule has 0 radical (unpaired) electrons. The lowest BCUT2D eigenvalue weighted by Crippen LogP contribution is -2.49. The summed E-state index contributed by atoms with van der Waals surface area (Å²) >= 11 is 0. The summed E-state index contributed by atoms with van der Waals surface area (Å²) in [5.74, 6) is 0. The minimum atomic E-state index is 0.375. The van der Waals surface area contributed by atoms with Crippen molar-refractivity contribution in [2.45, 2.75) is 45.6 Å². The first kappa shape index (κ1) is 11.0. The highest BCUT2D eigenvalue weighted by Crippen LogP contribution is 2.22. The van der Waals surface area contributed by atoms with E-state index in [1.807, 2.05) is 0 Å². The van der Waals surface area contributed by atoms with Gasteiger partial charge in [0.05, 0.1) is 13.2 Å². The van der Waals surface area contributed by atoms with Crippen LogP contribution in [0.2, 0.25) is 0 Å². The molecule has 1 aliphatic rings. The smallest absolute Gasteiger partial charge is 0.0594 e. The average Bonchev–Trinajstić information content (AvgIpc) is 2.16. The van der Waals surface area contributed by atoms with Crippen LogP contribution < -0.4 is 0 Å². The second-order valence-corrected chi connectivity index (χ2v) is 4.52. The number of morpholine rings is 1. The summed E-state index contributed by atoms with van der Waals surface area (Å²) in [6.45, 7) is 11.0. The van der Waals surface area contributed by atoms with E-state index in [1.54, 1.807) is 0 Å². The molecule has 2 heteroatoms. The first-order chi connectivity index (χ1) is 6.17. The molecule has 0 bridgehead atoms. The van der Waals surface area contributed by atoms with Crippen LogP contribution in [0.1, 0.15) is 40.0 Å². The molecule has 78 valence electrons. The Kier molecular flexibility index (Phi) is 4.20. The van der Waals surface area contributed by atoms with Crippen LogP contribution in [0.3, 0.4) is 0 Å². The standard InChI is InChI=1S/C11H23NO/c1-4-5-6-11(2,3)12-7-9-13-10-8-12/h4-10H2,1-3H3. The summed E-state index contributed by atoms with van der Waals surface area (Å²) in [6.07, 6.45) is 3.95. The Morgan fingerprint density at radius 3 is 2.38 bits per heavy atom. The van der Waals surface area contributed by atoms with Gasteiger partial charge in [0.15, 0.2) is 0 Å². The van der Waals surface area contributed by atoms with Crippen LogP contribution >= 0.6 is 0 Å². The summed E-state index contributed by atoms with van der Waals surface area (Å²) in [5, 5.41) is 0. The largest absolute Gasteiger partial charge is 0.379 e. The van der Waals surface area contributed by atoms with Gasteiger partial charge in [-0.25, -0.2) is 0 Å². The van der Waals surface area contributed by atoms with Crippen molar-refractivity contribution >= 4 is 0 Å². The van der Waals surface area contributed by atoms with Gasteiger partial charge in [-0.05, 0) is 20.3 Å². The molecule has 0 aromatic carbocycles. The van der Waals surface area contributed by atoms with Crippen LogP contribution in [-0.4, -0.2) is 36.7 Å². The fraction of sp³-hybridized carbons (Fsp3) is 1.00. The van der Waals surface area contributed by atoms with Crippen molar-refractivity contribution in [2.75, 3.05) is 26.3 Å². The van der Waals surface area contributed by atoms with Gasteiger partial charge in [-0.3, -0.25) is 4.90 Å². The molecule has 0 atom stereocenters. The molecular weight excluding hydrogens is 162 g/mol. The first-order valence-electron chi connectivity index (χ1n) is 5.49. The van der Waals surface area contributed by atoms with Gasteiger partial charge in [0.1, 0.15) is 0 Å². The fourth-order valence-corrected chi connectivity index (χ4v) is 1.94.